The number of hydrogen-bond acceptors (Lipinski definition) is 2. The zero-order valence-electron chi connectivity index (χ0n) is 10.3. The van der Waals surface area contributed by atoms with Gasteiger partial charge in [-0.15, -0.1) is 0 Å². The summed E-state index contributed by atoms with van der Waals surface area (Å²) in [6.45, 7) is 4.13. The van der Waals surface area contributed by atoms with Crippen LogP contribution in [0.1, 0.15) is 18.2 Å². The summed E-state index contributed by atoms with van der Waals surface area (Å²) in [4.78, 5) is 4.50. The summed E-state index contributed by atoms with van der Waals surface area (Å²) in [5.74, 6) is 0.868. The fraction of sp³-hybridized carbons (Fsp3) is 0.214. The first-order valence-corrected chi connectivity index (χ1v) is 7.37. The van der Waals surface area contributed by atoms with E-state index >= 15 is 0 Å². The highest BCUT2D eigenvalue weighted by Crippen LogP contribution is 2.25. The standard InChI is InChI=1S/C14H14Br2N2/c1-3-10-8-11(15)4-6-13(10)18-14-7-5-12(16)9(2)17-14/h4-8H,3H2,1-2H3,(H,17,18). The van der Waals surface area contributed by atoms with Gasteiger partial charge in [0, 0.05) is 14.6 Å². The molecule has 94 valence electrons. The fourth-order valence-electron chi connectivity index (χ4n) is 1.73. The van der Waals surface area contributed by atoms with Crippen LogP contribution in [-0.2, 0) is 6.42 Å². The maximum absolute atomic E-state index is 4.50. The second kappa shape index (κ2) is 5.85. The normalized spacial score (nSPS) is 10.4. The summed E-state index contributed by atoms with van der Waals surface area (Å²) in [6, 6.07) is 10.2. The summed E-state index contributed by atoms with van der Waals surface area (Å²) < 4.78 is 2.13. The van der Waals surface area contributed by atoms with E-state index in [0.717, 1.165) is 32.6 Å². The molecule has 2 rings (SSSR count). The summed E-state index contributed by atoms with van der Waals surface area (Å²) in [7, 11) is 0. The Hall–Kier alpha value is -0.870. The number of nitrogens with one attached hydrogen (secondary N) is 1. The zero-order valence-corrected chi connectivity index (χ0v) is 13.5. The SMILES string of the molecule is CCc1cc(Br)ccc1Nc1ccc(Br)c(C)n1. The van der Waals surface area contributed by atoms with E-state index in [9.17, 15) is 0 Å². The van der Waals surface area contributed by atoms with E-state index < -0.39 is 0 Å². The minimum absolute atomic E-state index is 0.868. The molecule has 1 heterocycles. The van der Waals surface area contributed by atoms with Crippen molar-refractivity contribution in [3.05, 3.63) is 50.5 Å². The Labute approximate surface area is 124 Å². The lowest BCUT2D eigenvalue weighted by molar-refractivity contribution is 1.13. The molecule has 2 nitrogen and oxygen atoms in total. The minimum Gasteiger partial charge on any atom is -0.340 e. The van der Waals surface area contributed by atoms with Gasteiger partial charge in [-0.2, -0.15) is 0 Å². The van der Waals surface area contributed by atoms with Gasteiger partial charge in [0.2, 0.25) is 0 Å². The molecule has 0 unspecified atom stereocenters. The van der Waals surface area contributed by atoms with Crippen LogP contribution in [0.2, 0.25) is 0 Å². The molecule has 0 saturated carbocycles. The Morgan fingerprint density at radius 3 is 2.61 bits per heavy atom. The third kappa shape index (κ3) is 3.12. The third-order valence-electron chi connectivity index (χ3n) is 2.73. The first-order valence-electron chi connectivity index (χ1n) is 5.78. The van der Waals surface area contributed by atoms with Crippen molar-refractivity contribution in [3.8, 4) is 0 Å². The predicted molar refractivity (Wildman–Crippen MR) is 83.5 cm³/mol. The molecule has 1 aromatic heterocycles. The van der Waals surface area contributed by atoms with E-state index in [1.807, 2.05) is 25.1 Å². The van der Waals surface area contributed by atoms with Crippen molar-refractivity contribution in [2.75, 3.05) is 5.32 Å². The Bertz CT molecular complexity index is 568. The van der Waals surface area contributed by atoms with Crippen LogP contribution in [0.15, 0.2) is 39.3 Å². The largest absolute Gasteiger partial charge is 0.340 e. The average molecular weight is 370 g/mol. The fourth-order valence-corrected chi connectivity index (χ4v) is 2.36. The van der Waals surface area contributed by atoms with Gasteiger partial charge < -0.3 is 5.32 Å². The highest BCUT2D eigenvalue weighted by molar-refractivity contribution is 9.10. The molecule has 0 spiro atoms. The molecular formula is C14H14Br2N2. The molecule has 0 aliphatic carbocycles. The highest BCUT2D eigenvalue weighted by Gasteiger charge is 2.04. The number of pyridine rings is 1. The summed E-state index contributed by atoms with van der Waals surface area (Å²) in [6.07, 6.45) is 0.983. The van der Waals surface area contributed by atoms with Crippen molar-refractivity contribution in [2.45, 2.75) is 20.3 Å². The smallest absolute Gasteiger partial charge is 0.130 e. The molecule has 1 aromatic carbocycles. The van der Waals surface area contributed by atoms with Gasteiger partial charge in [0.15, 0.2) is 0 Å². The van der Waals surface area contributed by atoms with Gasteiger partial charge in [0.25, 0.3) is 0 Å². The maximum Gasteiger partial charge on any atom is 0.130 e. The number of nitrogens with zero attached hydrogens (tertiary/aromatic N) is 1. The molecule has 0 fully saturated rings. The van der Waals surface area contributed by atoms with Crippen molar-refractivity contribution in [1.29, 1.82) is 0 Å². The van der Waals surface area contributed by atoms with Crippen molar-refractivity contribution in [2.24, 2.45) is 0 Å². The van der Waals surface area contributed by atoms with Crippen LogP contribution in [-0.4, -0.2) is 4.98 Å². The number of halogens is 2. The molecule has 0 atom stereocenters. The lowest BCUT2D eigenvalue weighted by atomic mass is 10.1. The molecule has 2 aromatic rings. The Kier molecular flexibility index (Phi) is 4.40. The van der Waals surface area contributed by atoms with E-state index in [4.69, 9.17) is 0 Å². The molecule has 0 radical (unpaired) electrons. The van der Waals surface area contributed by atoms with Crippen LogP contribution in [0, 0.1) is 6.92 Å². The number of anilines is 2. The van der Waals surface area contributed by atoms with Crippen LogP contribution < -0.4 is 5.32 Å². The molecule has 0 bridgehead atoms. The molecule has 4 heteroatoms. The van der Waals surface area contributed by atoms with E-state index in [1.165, 1.54) is 5.56 Å². The van der Waals surface area contributed by atoms with Gasteiger partial charge in [0.1, 0.15) is 5.82 Å². The summed E-state index contributed by atoms with van der Waals surface area (Å²) >= 11 is 6.95. The van der Waals surface area contributed by atoms with Crippen LogP contribution in [0.5, 0.6) is 0 Å². The van der Waals surface area contributed by atoms with Crippen molar-refractivity contribution in [1.82, 2.24) is 4.98 Å². The summed E-state index contributed by atoms with van der Waals surface area (Å²) in [5, 5.41) is 3.37. The quantitative estimate of drug-likeness (QED) is 0.801. The zero-order chi connectivity index (χ0) is 13.1. The molecular weight excluding hydrogens is 356 g/mol. The average Bonchev–Trinajstić information content (AvgIpc) is 2.36. The second-order valence-corrected chi connectivity index (χ2v) is 5.81. The van der Waals surface area contributed by atoms with Crippen molar-refractivity contribution < 1.29 is 0 Å². The van der Waals surface area contributed by atoms with Gasteiger partial charge in [-0.25, -0.2) is 4.98 Å². The first-order chi connectivity index (χ1) is 8.60. The Morgan fingerprint density at radius 1 is 1.17 bits per heavy atom. The maximum atomic E-state index is 4.50. The van der Waals surface area contributed by atoms with Gasteiger partial charge in [-0.1, -0.05) is 22.9 Å². The number of aryl methyl sites for hydroxylation is 2. The second-order valence-electron chi connectivity index (χ2n) is 4.04. The number of benzene rings is 1. The van der Waals surface area contributed by atoms with Gasteiger partial charge in [0.05, 0.1) is 5.69 Å². The van der Waals surface area contributed by atoms with E-state index in [0.29, 0.717) is 0 Å². The van der Waals surface area contributed by atoms with Gasteiger partial charge >= 0.3 is 0 Å². The van der Waals surface area contributed by atoms with Crippen molar-refractivity contribution in [3.63, 3.8) is 0 Å². The molecule has 0 amide bonds. The molecule has 1 N–H and O–H groups in total. The van der Waals surface area contributed by atoms with E-state index in [-0.39, 0.29) is 0 Å². The highest BCUT2D eigenvalue weighted by atomic mass is 79.9. The van der Waals surface area contributed by atoms with E-state index in [1.54, 1.807) is 0 Å². The summed E-state index contributed by atoms with van der Waals surface area (Å²) in [5.41, 5.74) is 3.36. The third-order valence-corrected chi connectivity index (χ3v) is 4.06. The number of aromatic nitrogens is 1. The van der Waals surface area contributed by atoms with E-state index in [2.05, 4.69) is 61.2 Å². The van der Waals surface area contributed by atoms with Gasteiger partial charge in [-0.05, 0) is 65.2 Å². The molecule has 0 aliphatic rings. The molecule has 0 aliphatic heterocycles. The monoisotopic (exact) mass is 368 g/mol. The lowest BCUT2D eigenvalue weighted by Gasteiger charge is -2.11. The Morgan fingerprint density at radius 2 is 1.94 bits per heavy atom. The predicted octanol–water partition coefficient (Wildman–Crippen LogP) is 5.22. The van der Waals surface area contributed by atoms with Crippen LogP contribution in [0.3, 0.4) is 0 Å². The van der Waals surface area contributed by atoms with Crippen molar-refractivity contribution >= 4 is 43.4 Å². The molecule has 0 saturated heterocycles. The number of rotatable bonds is 3. The molecule has 18 heavy (non-hydrogen) atoms. The number of hydrogen-bond donors (Lipinski definition) is 1. The topological polar surface area (TPSA) is 24.9 Å². The first kappa shape index (κ1) is 13.6. The lowest BCUT2D eigenvalue weighted by Crippen LogP contribution is -1.98. The van der Waals surface area contributed by atoms with Crippen LogP contribution in [0.4, 0.5) is 11.5 Å². The van der Waals surface area contributed by atoms with Crippen LogP contribution in [0.25, 0.3) is 0 Å². The van der Waals surface area contributed by atoms with Crippen LogP contribution >= 0.6 is 31.9 Å². The Balaban J connectivity index is 2.30. The minimum atomic E-state index is 0.868. The van der Waals surface area contributed by atoms with Gasteiger partial charge in [-0.3, -0.25) is 0 Å².